The van der Waals surface area contributed by atoms with Crippen LogP contribution in [-0.4, -0.2) is 71.7 Å². The van der Waals surface area contributed by atoms with E-state index in [2.05, 4.69) is 10.2 Å². The van der Waals surface area contributed by atoms with Gasteiger partial charge in [-0.1, -0.05) is 0 Å². The molecule has 3 saturated heterocycles. The number of likely N-dealkylation sites (N-methyl/N-ethyl adjacent to an activating group) is 1. The fourth-order valence-electron chi connectivity index (χ4n) is 5.48. The van der Waals surface area contributed by atoms with Crippen LogP contribution >= 0.6 is 0 Å². The quantitative estimate of drug-likeness (QED) is 0.756. The Hall–Kier alpha value is -1.96. The molecule has 6 atom stereocenters. The smallest absolute Gasteiger partial charge is 0.226 e. The number of hydrogen-bond donors (Lipinski definition) is 0. The minimum Gasteiger partial charge on any atom is -0.425 e. The van der Waals surface area contributed by atoms with Gasteiger partial charge in [0.05, 0.1) is 19.1 Å². The van der Waals surface area contributed by atoms with Crippen molar-refractivity contribution in [1.29, 1.82) is 0 Å². The van der Waals surface area contributed by atoms with E-state index in [1.54, 1.807) is 11.8 Å². The van der Waals surface area contributed by atoms with Crippen molar-refractivity contribution < 1.29 is 18.7 Å². The molecule has 1 aromatic rings. The predicted molar refractivity (Wildman–Crippen MR) is 93.5 cm³/mol. The molecule has 8 heteroatoms. The molecule has 146 valence electrons. The summed E-state index contributed by atoms with van der Waals surface area (Å²) in [6.07, 6.45) is 1.52. The van der Waals surface area contributed by atoms with E-state index in [1.807, 2.05) is 11.9 Å². The lowest BCUT2D eigenvalue weighted by Gasteiger charge is -2.39. The second kappa shape index (κ2) is 6.29. The predicted octanol–water partition coefficient (Wildman–Crippen LogP) is 0.681. The molecule has 1 aromatic heterocycles. The van der Waals surface area contributed by atoms with Crippen molar-refractivity contribution in [3.8, 4) is 0 Å². The van der Waals surface area contributed by atoms with Crippen LogP contribution in [0.15, 0.2) is 4.42 Å². The van der Waals surface area contributed by atoms with E-state index >= 15 is 0 Å². The average molecular weight is 374 g/mol. The molecule has 2 amide bonds. The summed E-state index contributed by atoms with van der Waals surface area (Å²) in [6.45, 7) is 5.20. The number of rotatable bonds is 2. The Kier molecular flexibility index (Phi) is 4.00. The van der Waals surface area contributed by atoms with Crippen molar-refractivity contribution in [3.63, 3.8) is 0 Å². The minimum atomic E-state index is -0.0826. The van der Waals surface area contributed by atoms with Gasteiger partial charge in [-0.2, -0.15) is 0 Å². The first-order chi connectivity index (χ1) is 13.0. The monoisotopic (exact) mass is 374 g/mol. The first-order valence-corrected chi connectivity index (χ1v) is 9.96. The van der Waals surface area contributed by atoms with Gasteiger partial charge in [-0.15, -0.1) is 10.2 Å². The van der Waals surface area contributed by atoms with Crippen LogP contribution in [0.1, 0.15) is 30.5 Å². The Morgan fingerprint density at radius 3 is 2.52 bits per heavy atom. The second-order valence-electron chi connectivity index (χ2n) is 8.55. The number of nitrogens with zero attached hydrogens (tertiary/aromatic N) is 4. The van der Waals surface area contributed by atoms with Crippen LogP contribution in [0.4, 0.5) is 0 Å². The molecule has 0 N–H and O–H groups in total. The number of carbonyl (C=O) groups excluding carboxylic acids is 2. The van der Waals surface area contributed by atoms with E-state index in [0.29, 0.717) is 49.7 Å². The number of fused-ring (bicyclic) bond motifs is 2. The van der Waals surface area contributed by atoms with Crippen LogP contribution in [0.3, 0.4) is 0 Å². The van der Waals surface area contributed by atoms with E-state index in [1.165, 1.54) is 0 Å². The van der Waals surface area contributed by atoms with Gasteiger partial charge in [0.1, 0.15) is 0 Å². The summed E-state index contributed by atoms with van der Waals surface area (Å²) in [4.78, 5) is 29.6. The molecular weight excluding hydrogens is 348 g/mol. The topological polar surface area (TPSA) is 88.8 Å². The summed E-state index contributed by atoms with van der Waals surface area (Å²) in [5.74, 6) is 2.71. The zero-order valence-corrected chi connectivity index (χ0v) is 15.8. The number of likely N-dealkylation sites (tertiary alicyclic amines) is 2. The summed E-state index contributed by atoms with van der Waals surface area (Å²) < 4.78 is 11.1. The molecular formula is C19H26N4O4. The first kappa shape index (κ1) is 17.2. The second-order valence-corrected chi connectivity index (χ2v) is 8.55. The van der Waals surface area contributed by atoms with Gasteiger partial charge in [0, 0.05) is 45.4 Å². The molecule has 0 aromatic carbocycles. The third-order valence-electron chi connectivity index (χ3n) is 7.05. The lowest BCUT2D eigenvalue weighted by molar-refractivity contribution is -0.141. The molecule has 27 heavy (non-hydrogen) atoms. The van der Waals surface area contributed by atoms with Gasteiger partial charge in [0.2, 0.25) is 23.6 Å². The lowest BCUT2D eigenvalue weighted by Crippen LogP contribution is -2.47. The molecule has 1 saturated carbocycles. The highest BCUT2D eigenvalue weighted by molar-refractivity contribution is 5.83. The van der Waals surface area contributed by atoms with Crippen LogP contribution in [0, 0.1) is 36.5 Å². The van der Waals surface area contributed by atoms with E-state index in [4.69, 9.17) is 9.15 Å². The normalized spacial score (nSPS) is 38.4. The van der Waals surface area contributed by atoms with E-state index < -0.39 is 0 Å². The molecule has 3 aliphatic heterocycles. The SMILES string of the molecule is Cc1nnc(C2CN(C)C(=O)[C@H]3CCN(C(=O)C4[C@H]5COC[C@@H]45)CC[C@@H]23)o1. The Morgan fingerprint density at radius 1 is 1.07 bits per heavy atom. The number of amides is 2. The van der Waals surface area contributed by atoms with Gasteiger partial charge in [-0.3, -0.25) is 9.59 Å². The number of piperidine rings is 1. The molecule has 2 unspecified atom stereocenters. The van der Waals surface area contributed by atoms with E-state index in [0.717, 1.165) is 19.6 Å². The first-order valence-electron chi connectivity index (χ1n) is 9.96. The Bertz CT molecular complexity index is 755. The minimum absolute atomic E-state index is 0.0441. The molecule has 8 nitrogen and oxygen atoms in total. The molecule has 4 heterocycles. The van der Waals surface area contributed by atoms with Crippen molar-refractivity contribution >= 4 is 11.8 Å². The van der Waals surface area contributed by atoms with Crippen molar-refractivity contribution in [1.82, 2.24) is 20.0 Å². The van der Waals surface area contributed by atoms with Gasteiger partial charge >= 0.3 is 0 Å². The third kappa shape index (κ3) is 2.76. The summed E-state index contributed by atoms with van der Waals surface area (Å²) >= 11 is 0. The van der Waals surface area contributed by atoms with Crippen molar-refractivity contribution in [2.24, 2.45) is 29.6 Å². The lowest BCUT2D eigenvalue weighted by atomic mass is 9.74. The van der Waals surface area contributed by atoms with Crippen LogP contribution in [0.2, 0.25) is 0 Å². The largest absolute Gasteiger partial charge is 0.425 e. The van der Waals surface area contributed by atoms with E-state index in [9.17, 15) is 9.59 Å². The van der Waals surface area contributed by atoms with Gasteiger partial charge in [-0.05, 0) is 30.6 Å². The van der Waals surface area contributed by atoms with Gasteiger partial charge < -0.3 is 19.0 Å². The summed E-state index contributed by atoms with van der Waals surface area (Å²) in [7, 11) is 1.84. The van der Waals surface area contributed by atoms with Crippen molar-refractivity contribution in [3.05, 3.63) is 11.8 Å². The number of aryl methyl sites for hydroxylation is 1. The van der Waals surface area contributed by atoms with Crippen LogP contribution < -0.4 is 0 Å². The van der Waals surface area contributed by atoms with Gasteiger partial charge in [0.15, 0.2) is 0 Å². The zero-order chi connectivity index (χ0) is 18.7. The average Bonchev–Trinajstić information content (AvgIpc) is 2.93. The number of aromatic nitrogens is 2. The van der Waals surface area contributed by atoms with Crippen LogP contribution in [-0.2, 0) is 14.3 Å². The number of ether oxygens (including phenoxy) is 1. The number of hydrogen-bond acceptors (Lipinski definition) is 6. The summed E-state index contributed by atoms with van der Waals surface area (Å²) in [5.41, 5.74) is 0. The maximum atomic E-state index is 13.0. The van der Waals surface area contributed by atoms with Crippen LogP contribution in [0.5, 0.6) is 0 Å². The molecule has 0 radical (unpaired) electrons. The Labute approximate surface area is 158 Å². The fourth-order valence-corrected chi connectivity index (χ4v) is 5.48. The molecule has 0 spiro atoms. The zero-order valence-electron chi connectivity index (χ0n) is 15.8. The summed E-state index contributed by atoms with van der Waals surface area (Å²) in [6, 6.07) is 0. The molecule has 5 rings (SSSR count). The highest BCUT2D eigenvalue weighted by Gasteiger charge is 2.59. The summed E-state index contributed by atoms with van der Waals surface area (Å²) in [5, 5.41) is 8.21. The molecule has 0 bridgehead atoms. The van der Waals surface area contributed by atoms with Crippen molar-refractivity contribution in [2.75, 3.05) is 39.9 Å². The maximum absolute atomic E-state index is 13.0. The molecule has 1 aliphatic carbocycles. The Balaban J connectivity index is 1.34. The number of carbonyl (C=O) groups is 2. The Morgan fingerprint density at radius 2 is 1.81 bits per heavy atom. The molecule has 4 fully saturated rings. The highest BCUT2D eigenvalue weighted by Crippen LogP contribution is 2.52. The van der Waals surface area contributed by atoms with Crippen molar-refractivity contribution in [2.45, 2.75) is 25.7 Å². The third-order valence-corrected chi connectivity index (χ3v) is 7.05. The van der Waals surface area contributed by atoms with E-state index in [-0.39, 0.29) is 35.5 Å². The van der Waals surface area contributed by atoms with Gasteiger partial charge in [0.25, 0.3) is 0 Å². The maximum Gasteiger partial charge on any atom is 0.226 e. The van der Waals surface area contributed by atoms with Crippen LogP contribution in [0.25, 0.3) is 0 Å². The fraction of sp³-hybridized carbons (Fsp3) is 0.789. The van der Waals surface area contributed by atoms with Gasteiger partial charge in [-0.25, -0.2) is 0 Å². The standard InChI is InChI=1S/C19H26N4O4/c1-10-20-21-17(27-10)13-7-22(2)18(24)12-4-6-23(5-3-11(12)13)19(25)16-14-8-26-9-15(14)16/h11-16H,3-9H2,1-2H3/t11-,12+,13?,14-,15+,16?/m1/s1. The highest BCUT2D eigenvalue weighted by atomic mass is 16.5. The molecule has 4 aliphatic rings.